The van der Waals surface area contributed by atoms with Crippen molar-refractivity contribution in [2.45, 2.75) is 26.3 Å². The molecule has 0 bridgehead atoms. The zero-order valence-corrected chi connectivity index (χ0v) is 13.2. The van der Waals surface area contributed by atoms with Gasteiger partial charge in [-0.3, -0.25) is 0 Å². The van der Waals surface area contributed by atoms with Crippen molar-refractivity contribution in [1.82, 2.24) is 15.3 Å². The summed E-state index contributed by atoms with van der Waals surface area (Å²) in [5.74, 6) is 0.806. The van der Waals surface area contributed by atoms with Crippen LogP contribution in [-0.4, -0.2) is 17.0 Å². The summed E-state index contributed by atoms with van der Waals surface area (Å²) < 4.78 is 1.04. The molecule has 1 aromatic heterocycles. The number of aryl methyl sites for hydroxylation is 1. The largest absolute Gasteiger partial charge is 0.308 e. The molecule has 0 aliphatic rings. The molecule has 0 saturated heterocycles. The molecule has 3 nitrogen and oxygen atoms in total. The highest BCUT2D eigenvalue weighted by atomic mass is 79.9. The molecule has 0 atom stereocenters. The molecule has 0 amide bonds. The van der Waals surface area contributed by atoms with Gasteiger partial charge in [0.2, 0.25) is 0 Å². The highest BCUT2D eigenvalue weighted by Crippen LogP contribution is 2.28. The molecule has 0 aliphatic heterocycles. The molecule has 0 spiro atoms. The summed E-state index contributed by atoms with van der Waals surface area (Å²) >= 11 is 3.57. The van der Waals surface area contributed by atoms with E-state index in [2.05, 4.69) is 46.1 Å². The first-order valence-corrected chi connectivity index (χ1v) is 7.03. The van der Waals surface area contributed by atoms with E-state index in [1.54, 1.807) is 0 Å². The molecule has 0 unspecified atom stereocenters. The van der Waals surface area contributed by atoms with Crippen LogP contribution < -0.4 is 5.32 Å². The molecular weight excluding hydrogens is 302 g/mol. The van der Waals surface area contributed by atoms with Crippen molar-refractivity contribution >= 4 is 15.9 Å². The lowest BCUT2D eigenvalue weighted by Crippen LogP contribution is -2.35. The molecule has 2 rings (SSSR count). The Balaban J connectivity index is 2.58. The molecule has 19 heavy (non-hydrogen) atoms. The number of hydrogen-bond acceptors (Lipinski definition) is 3. The number of benzene rings is 1. The van der Waals surface area contributed by atoms with Gasteiger partial charge in [0.25, 0.3) is 0 Å². The van der Waals surface area contributed by atoms with Gasteiger partial charge in [0.15, 0.2) is 0 Å². The highest BCUT2D eigenvalue weighted by molar-refractivity contribution is 9.10. The predicted octanol–water partition coefficient (Wildman–Crippen LogP) is 3.67. The fourth-order valence-electron chi connectivity index (χ4n) is 1.77. The zero-order chi connectivity index (χ0) is 14.0. The smallest absolute Gasteiger partial charge is 0.148 e. The predicted molar refractivity (Wildman–Crippen MR) is 82.0 cm³/mol. The van der Waals surface area contributed by atoms with Crippen LogP contribution in [0, 0.1) is 6.92 Å². The molecule has 1 heterocycles. The summed E-state index contributed by atoms with van der Waals surface area (Å²) in [5, 5.41) is 3.24. The van der Waals surface area contributed by atoms with Crippen LogP contribution in [0.5, 0.6) is 0 Å². The van der Waals surface area contributed by atoms with Gasteiger partial charge in [0, 0.05) is 15.7 Å². The second-order valence-corrected chi connectivity index (χ2v) is 5.93. The van der Waals surface area contributed by atoms with Gasteiger partial charge in [-0.2, -0.15) is 0 Å². The Hall–Kier alpha value is -1.26. The maximum atomic E-state index is 4.70. The Labute approximate surface area is 122 Å². The van der Waals surface area contributed by atoms with E-state index in [1.165, 1.54) is 0 Å². The second kappa shape index (κ2) is 5.39. The maximum absolute atomic E-state index is 4.70. The fraction of sp³-hybridized carbons (Fsp3) is 0.333. The highest BCUT2D eigenvalue weighted by Gasteiger charge is 2.22. The lowest BCUT2D eigenvalue weighted by molar-refractivity contribution is 0.416. The molecule has 100 valence electrons. The van der Waals surface area contributed by atoms with E-state index in [1.807, 2.05) is 38.2 Å². The van der Waals surface area contributed by atoms with Crippen molar-refractivity contribution in [2.75, 3.05) is 7.05 Å². The van der Waals surface area contributed by atoms with Gasteiger partial charge in [-0.05, 0) is 40.0 Å². The molecular formula is C15H18BrN3. The van der Waals surface area contributed by atoms with E-state index in [-0.39, 0.29) is 5.54 Å². The van der Waals surface area contributed by atoms with Gasteiger partial charge in [0.1, 0.15) is 5.82 Å². The first kappa shape index (κ1) is 14.2. The van der Waals surface area contributed by atoms with E-state index >= 15 is 0 Å². The van der Waals surface area contributed by atoms with Crippen LogP contribution in [0.2, 0.25) is 0 Å². The van der Waals surface area contributed by atoms with Crippen molar-refractivity contribution in [2.24, 2.45) is 0 Å². The lowest BCUT2D eigenvalue weighted by atomic mass is 10.0. The Morgan fingerprint density at radius 2 is 1.84 bits per heavy atom. The van der Waals surface area contributed by atoms with Gasteiger partial charge < -0.3 is 5.32 Å². The second-order valence-electron chi connectivity index (χ2n) is 5.07. The number of halogens is 1. The molecule has 4 heteroatoms. The molecule has 1 aromatic carbocycles. The molecule has 0 saturated carbocycles. The molecule has 0 radical (unpaired) electrons. The summed E-state index contributed by atoms with van der Waals surface area (Å²) in [4.78, 5) is 9.25. The third-order valence-corrected chi connectivity index (χ3v) is 3.88. The van der Waals surface area contributed by atoms with E-state index in [9.17, 15) is 0 Å². The fourth-order valence-corrected chi connectivity index (χ4v) is 2.25. The van der Waals surface area contributed by atoms with Crippen LogP contribution >= 0.6 is 15.9 Å². The minimum Gasteiger partial charge on any atom is -0.308 e. The summed E-state index contributed by atoms with van der Waals surface area (Å²) in [6, 6.07) is 10.1. The minimum atomic E-state index is -0.248. The summed E-state index contributed by atoms with van der Waals surface area (Å²) in [6.07, 6.45) is 0. The molecule has 0 aliphatic carbocycles. The number of nitrogens with zero attached hydrogens (tertiary/aromatic N) is 2. The quantitative estimate of drug-likeness (QED) is 0.938. The van der Waals surface area contributed by atoms with Crippen molar-refractivity contribution in [3.05, 3.63) is 46.3 Å². The summed E-state index contributed by atoms with van der Waals surface area (Å²) in [6.45, 7) is 6.15. The Morgan fingerprint density at radius 3 is 2.47 bits per heavy atom. The SMILES string of the molecule is CNC(C)(C)c1nc(C)cc(-c2ccccc2Br)n1. The average Bonchev–Trinajstić information content (AvgIpc) is 2.38. The van der Waals surface area contributed by atoms with Gasteiger partial charge >= 0.3 is 0 Å². The summed E-state index contributed by atoms with van der Waals surface area (Å²) in [5.41, 5.74) is 2.75. The van der Waals surface area contributed by atoms with E-state index in [0.29, 0.717) is 0 Å². The topological polar surface area (TPSA) is 37.8 Å². The first-order valence-electron chi connectivity index (χ1n) is 6.24. The van der Waals surface area contributed by atoms with Crippen LogP contribution in [0.3, 0.4) is 0 Å². The van der Waals surface area contributed by atoms with Gasteiger partial charge in [-0.15, -0.1) is 0 Å². The number of hydrogen-bond donors (Lipinski definition) is 1. The maximum Gasteiger partial charge on any atom is 0.148 e. The van der Waals surface area contributed by atoms with Crippen molar-refractivity contribution in [3.63, 3.8) is 0 Å². The van der Waals surface area contributed by atoms with E-state index in [4.69, 9.17) is 4.98 Å². The van der Waals surface area contributed by atoms with E-state index in [0.717, 1.165) is 27.2 Å². The number of rotatable bonds is 3. The van der Waals surface area contributed by atoms with Crippen molar-refractivity contribution in [1.29, 1.82) is 0 Å². The normalized spacial score (nSPS) is 11.6. The van der Waals surface area contributed by atoms with E-state index < -0.39 is 0 Å². The van der Waals surface area contributed by atoms with Gasteiger partial charge in [0.05, 0.1) is 11.2 Å². The third kappa shape index (κ3) is 3.01. The number of nitrogens with one attached hydrogen (secondary N) is 1. The average molecular weight is 320 g/mol. The Kier molecular flexibility index (Phi) is 4.02. The third-order valence-electron chi connectivity index (χ3n) is 3.19. The Morgan fingerprint density at radius 1 is 1.16 bits per heavy atom. The Bertz CT molecular complexity index is 594. The van der Waals surface area contributed by atoms with Crippen LogP contribution in [0.4, 0.5) is 0 Å². The van der Waals surface area contributed by atoms with Crippen molar-refractivity contribution < 1.29 is 0 Å². The monoisotopic (exact) mass is 319 g/mol. The molecule has 1 N–H and O–H groups in total. The standard InChI is InChI=1S/C15H18BrN3/c1-10-9-13(11-7-5-6-8-12(11)16)19-14(18-10)15(2,3)17-4/h5-9,17H,1-4H3. The zero-order valence-electron chi connectivity index (χ0n) is 11.7. The summed E-state index contributed by atoms with van der Waals surface area (Å²) in [7, 11) is 1.92. The van der Waals surface area contributed by atoms with Crippen LogP contribution in [0.1, 0.15) is 25.4 Å². The van der Waals surface area contributed by atoms with Gasteiger partial charge in [-0.1, -0.05) is 34.1 Å². The van der Waals surface area contributed by atoms with Crippen molar-refractivity contribution in [3.8, 4) is 11.3 Å². The van der Waals surface area contributed by atoms with Crippen LogP contribution in [0.15, 0.2) is 34.8 Å². The minimum absolute atomic E-state index is 0.248. The molecule has 2 aromatic rings. The van der Waals surface area contributed by atoms with Crippen LogP contribution in [-0.2, 0) is 5.54 Å². The molecule has 0 fully saturated rings. The van der Waals surface area contributed by atoms with Gasteiger partial charge in [-0.25, -0.2) is 9.97 Å². The van der Waals surface area contributed by atoms with Crippen LogP contribution in [0.25, 0.3) is 11.3 Å². The number of aromatic nitrogens is 2. The first-order chi connectivity index (χ1) is 8.94. The lowest BCUT2D eigenvalue weighted by Gasteiger charge is -2.23.